The number of amides is 2. The molecule has 2 amide bonds. The molecule has 8 heteroatoms. The van der Waals surface area contributed by atoms with Crippen LogP contribution in [0.5, 0.6) is 23.0 Å². The summed E-state index contributed by atoms with van der Waals surface area (Å²) in [6.45, 7) is 1.92. The molecule has 138 valence electrons. The molecule has 0 bridgehead atoms. The molecule has 0 saturated heterocycles. The molecule has 8 nitrogen and oxygen atoms in total. The molecule has 1 atom stereocenters. The number of aromatic hydroxyl groups is 3. The molecule has 0 aliphatic heterocycles. The Labute approximate surface area is 150 Å². The number of nitrogens with one attached hydrogen (secondary N) is 2. The summed E-state index contributed by atoms with van der Waals surface area (Å²) in [5, 5.41) is 33.1. The van der Waals surface area contributed by atoms with Crippen molar-refractivity contribution in [3.8, 4) is 23.0 Å². The van der Waals surface area contributed by atoms with Crippen LogP contribution in [0.4, 0.5) is 0 Å². The van der Waals surface area contributed by atoms with Crippen LogP contribution in [0.15, 0.2) is 42.5 Å². The average molecular weight is 360 g/mol. The molecular weight excluding hydrogens is 340 g/mol. The summed E-state index contributed by atoms with van der Waals surface area (Å²) in [7, 11) is 0. The van der Waals surface area contributed by atoms with Crippen molar-refractivity contribution in [3.05, 3.63) is 48.0 Å². The quantitative estimate of drug-likeness (QED) is 0.471. The van der Waals surface area contributed by atoms with Crippen molar-refractivity contribution >= 4 is 11.8 Å². The van der Waals surface area contributed by atoms with Crippen LogP contribution < -0.4 is 15.4 Å². The van der Waals surface area contributed by atoms with Crippen molar-refractivity contribution in [2.75, 3.05) is 13.1 Å². The van der Waals surface area contributed by atoms with Gasteiger partial charge in [-0.05, 0) is 43.3 Å². The van der Waals surface area contributed by atoms with Gasteiger partial charge in [0.25, 0.3) is 11.8 Å². The van der Waals surface area contributed by atoms with Gasteiger partial charge in [0.2, 0.25) is 0 Å². The number of phenolic OH excluding ortho intramolecular Hbond substituents is 3. The molecule has 0 heterocycles. The molecule has 26 heavy (non-hydrogen) atoms. The van der Waals surface area contributed by atoms with E-state index in [2.05, 4.69) is 10.6 Å². The van der Waals surface area contributed by atoms with Crippen LogP contribution in [-0.4, -0.2) is 46.3 Å². The molecule has 0 fully saturated rings. The van der Waals surface area contributed by atoms with Gasteiger partial charge in [0.05, 0.1) is 0 Å². The summed E-state index contributed by atoms with van der Waals surface area (Å²) >= 11 is 0. The van der Waals surface area contributed by atoms with Gasteiger partial charge in [0, 0.05) is 24.7 Å². The van der Waals surface area contributed by atoms with Gasteiger partial charge in [-0.15, -0.1) is 0 Å². The first-order chi connectivity index (χ1) is 12.3. The van der Waals surface area contributed by atoms with Crippen LogP contribution in [0.3, 0.4) is 0 Å². The average Bonchev–Trinajstić information content (AvgIpc) is 2.59. The zero-order valence-electron chi connectivity index (χ0n) is 14.1. The molecule has 1 unspecified atom stereocenters. The van der Waals surface area contributed by atoms with Gasteiger partial charge in [0.1, 0.15) is 23.0 Å². The smallest absolute Gasteiger partial charge is 0.260 e. The minimum Gasteiger partial charge on any atom is -0.508 e. The van der Waals surface area contributed by atoms with E-state index in [-0.39, 0.29) is 41.8 Å². The Hall–Kier alpha value is -3.42. The lowest BCUT2D eigenvalue weighted by Crippen LogP contribution is -2.40. The summed E-state index contributed by atoms with van der Waals surface area (Å²) in [6.07, 6.45) is -0.752. The summed E-state index contributed by atoms with van der Waals surface area (Å²) in [5.41, 5.74) is 0.109. The molecule has 0 aliphatic carbocycles. The number of carbonyl (C=O) groups excluding carboxylic acids is 2. The Morgan fingerprint density at radius 1 is 0.923 bits per heavy atom. The molecule has 2 aromatic carbocycles. The zero-order chi connectivity index (χ0) is 19.1. The van der Waals surface area contributed by atoms with Crippen LogP contribution >= 0.6 is 0 Å². The maximum Gasteiger partial charge on any atom is 0.260 e. The van der Waals surface area contributed by atoms with E-state index in [1.165, 1.54) is 24.3 Å². The predicted molar refractivity (Wildman–Crippen MR) is 93.3 cm³/mol. The number of hydrogen-bond donors (Lipinski definition) is 5. The summed E-state index contributed by atoms with van der Waals surface area (Å²) in [5.74, 6) is -0.735. The highest BCUT2D eigenvalue weighted by molar-refractivity contribution is 5.95. The first-order valence-corrected chi connectivity index (χ1v) is 7.90. The molecule has 0 aliphatic rings. The van der Waals surface area contributed by atoms with Gasteiger partial charge in [-0.3, -0.25) is 9.59 Å². The van der Waals surface area contributed by atoms with E-state index >= 15 is 0 Å². The molecule has 0 aromatic heterocycles. The van der Waals surface area contributed by atoms with Crippen molar-refractivity contribution in [2.24, 2.45) is 0 Å². The fourth-order valence-electron chi connectivity index (χ4n) is 2.12. The fraction of sp³-hybridized carbons (Fsp3) is 0.222. The second-order valence-corrected chi connectivity index (χ2v) is 5.54. The van der Waals surface area contributed by atoms with Crippen molar-refractivity contribution in [1.29, 1.82) is 0 Å². The Bertz CT molecular complexity index is 756. The fourth-order valence-corrected chi connectivity index (χ4v) is 2.12. The highest BCUT2D eigenvalue weighted by Crippen LogP contribution is 2.20. The van der Waals surface area contributed by atoms with Gasteiger partial charge >= 0.3 is 0 Å². The van der Waals surface area contributed by atoms with Crippen LogP contribution in [0, 0.1) is 0 Å². The van der Waals surface area contributed by atoms with Crippen molar-refractivity contribution < 1.29 is 29.6 Å². The first-order valence-electron chi connectivity index (χ1n) is 7.90. The zero-order valence-corrected chi connectivity index (χ0v) is 14.1. The topological polar surface area (TPSA) is 128 Å². The van der Waals surface area contributed by atoms with Gasteiger partial charge in [0.15, 0.2) is 6.10 Å². The molecule has 2 rings (SSSR count). The lowest BCUT2D eigenvalue weighted by molar-refractivity contribution is -0.127. The van der Waals surface area contributed by atoms with E-state index in [0.29, 0.717) is 5.75 Å². The SMILES string of the molecule is CC(Oc1ccc(O)cc1)C(=O)NCCNC(=O)c1cc(O)cc(O)c1. The second kappa shape index (κ2) is 8.61. The van der Waals surface area contributed by atoms with E-state index in [1.807, 2.05) is 0 Å². The minimum atomic E-state index is -0.752. The molecule has 0 radical (unpaired) electrons. The monoisotopic (exact) mass is 360 g/mol. The standard InChI is InChI=1S/C18H20N2O6/c1-11(26-16-4-2-13(21)3-5-16)17(24)19-6-7-20-18(25)12-8-14(22)10-15(23)9-12/h2-5,8-11,21-23H,6-7H2,1H3,(H,19,24)(H,20,25). The minimum absolute atomic E-state index is 0.102. The number of rotatable bonds is 7. The van der Waals surface area contributed by atoms with Crippen LogP contribution in [-0.2, 0) is 4.79 Å². The second-order valence-electron chi connectivity index (χ2n) is 5.54. The number of benzene rings is 2. The Balaban J connectivity index is 1.73. The van der Waals surface area contributed by atoms with Gasteiger partial charge < -0.3 is 30.7 Å². The summed E-state index contributed by atoms with van der Waals surface area (Å²) < 4.78 is 5.44. The number of hydrogen-bond acceptors (Lipinski definition) is 6. The molecule has 0 saturated carbocycles. The Morgan fingerprint density at radius 2 is 1.50 bits per heavy atom. The van der Waals surface area contributed by atoms with Crippen LogP contribution in [0.2, 0.25) is 0 Å². The maximum absolute atomic E-state index is 12.0. The number of carbonyl (C=O) groups is 2. The van der Waals surface area contributed by atoms with Crippen molar-refractivity contribution in [1.82, 2.24) is 10.6 Å². The van der Waals surface area contributed by atoms with Gasteiger partial charge in [-0.1, -0.05) is 0 Å². The van der Waals surface area contributed by atoms with E-state index in [9.17, 15) is 24.9 Å². The third kappa shape index (κ3) is 5.59. The molecule has 5 N–H and O–H groups in total. The number of ether oxygens (including phenoxy) is 1. The van der Waals surface area contributed by atoms with Gasteiger partial charge in [-0.25, -0.2) is 0 Å². The third-order valence-electron chi connectivity index (χ3n) is 3.39. The van der Waals surface area contributed by atoms with E-state index in [0.717, 1.165) is 6.07 Å². The van der Waals surface area contributed by atoms with Gasteiger partial charge in [-0.2, -0.15) is 0 Å². The van der Waals surface area contributed by atoms with Crippen molar-refractivity contribution in [2.45, 2.75) is 13.0 Å². The maximum atomic E-state index is 12.0. The lowest BCUT2D eigenvalue weighted by atomic mass is 10.2. The first kappa shape index (κ1) is 18.9. The predicted octanol–water partition coefficient (Wildman–Crippen LogP) is 1.12. The summed E-state index contributed by atoms with van der Waals surface area (Å²) in [6, 6.07) is 9.56. The van der Waals surface area contributed by atoms with Crippen LogP contribution in [0.25, 0.3) is 0 Å². The molecule has 0 spiro atoms. The summed E-state index contributed by atoms with van der Waals surface area (Å²) in [4.78, 5) is 23.9. The van der Waals surface area contributed by atoms with E-state index in [4.69, 9.17) is 4.74 Å². The lowest BCUT2D eigenvalue weighted by Gasteiger charge is -2.15. The normalized spacial score (nSPS) is 11.4. The molecule has 2 aromatic rings. The largest absolute Gasteiger partial charge is 0.508 e. The highest BCUT2D eigenvalue weighted by Gasteiger charge is 2.14. The van der Waals surface area contributed by atoms with Crippen molar-refractivity contribution in [3.63, 3.8) is 0 Å². The van der Waals surface area contributed by atoms with Crippen LogP contribution in [0.1, 0.15) is 17.3 Å². The third-order valence-corrected chi connectivity index (χ3v) is 3.39. The van der Waals surface area contributed by atoms with E-state index < -0.39 is 12.0 Å². The molecular formula is C18H20N2O6. The Kier molecular flexibility index (Phi) is 6.26. The number of phenols is 3. The Morgan fingerprint density at radius 3 is 2.12 bits per heavy atom. The highest BCUT2D eigenvalue weighted by atomic mass is 16.5. The van der Waals surface area contributed by atoms with E-state index in [1.54, 1.807) is 19.1 Å².